The zero-order chi connectivity index (χ0) is 48.8. The zero-order valence-electron chi connectivity index (χ0n) is 44.5. The van der Waals surface area contributed by atoms with E-state index in [1.54, 1.807) is 0 Å². The number of hydrogen-bond acceptors (Lipinski definition) is 5. The maximum absolute atomic E-state index is 13.3. The Labute approximate surface area is 416 Å². The molecule has 0 saturated carbocycles. The van der Waals surface area contributed by atoms with Crippen LogP contribution in [0.25, 0.3) is 0 Å². The highest BCUT2D eigenvalue weighted by molar-refractivity contribution is 5.77. The Morgan fingerprint density at radius 3 is 1.21 bits per heavy atom. The minimum atomic E-state index is -0.793. The Morgan fingerprint density at radius 2 is 0.791 bits per heavy atom. The highest BCUT2D eigenvalue weighted by atomic mass is 16.5. The number of hydrogen-bond donors (Lipinski definition) is 3. The number of aliphatic hydroxyl groups is 2. The Hall–Kier alpha value is -2.44. The third kappa shape index (κ3) is 49.8. The number of carbonyl (C=O) groups is 2. The van der Waals surface area contributed by atoms with Crippen LogP contribution < -0.4 is 5.32 Å². The number of ether oxygens (including phenoxy) is 1. The lowest BCUT2D eigenvalue weighted by Crippen LogP contribution is -2.46. The lowest BCUT2D eigenvalue weighted by molar-refractivity contribution is -0.151. The maximum atomic E-state index is 13.3. The monoisotopic (exact) mass is 938 g/mol. The van der Waals surface area contributed by atoms with Crippen LogP contribution in [-0.4, -0.2) is 46.9 Å². The number of amides is 1. The molecule has 6 heteroatoms. The molecule has 0 radical (unpaired) electrons. The lowest BCUT2D eigenvalue weighted by Gasteiger charge is -2.24. The molecule has 0 aromatic rings. The van der Waals surface area contributed by atoms with E-state index in [2.05, 4.69) is 62.5 Å². The first-order chi connectivity index (χ1) is 33.0. The molecule has 0 aliphatic rings. The van der Waals surface area contributed by atoms with Gasteiger partial charge in [0.1, 0.15) is 6.10 Å². The Balaban J connectivity index is 4.55. The van der Waals surface area contributed by atoms with Gasteiger partial charge in [0.05, 0.1) is 25.2 Å². The molecule has 0 saturated heterocycles. The van der Waals surface area contributed by atoms with Gasteiger partial charge in [0.15, 0.2) is 0 Å². The summed E-state index contributed by atoms with van der Waals surface area (Å²) in [5, 5.41) is 23.9. The van der Waals surface area contributed by atoms with Crippen molar-refractivity contribution in [3.8, 4) is 0 Å². The standard InChI is InChI=1S/C61H111NO5/c1-4-7-10-13-16-19-22-25-27-29-31-33-36-39-42-45-48-51-54-61(66)67-57(52-49-46-43-40-37-34-24-21-18-15-12-9-6-3)55-60(65)62-58(56-63)59(64)53-50-47-44-41-38-35-32-30-28-26-23-20-17-14-11-8-5-2/h10,13,16,19,22,25,27,29,31,33,57-59,63-64H,4-9,11-12,14-15,17-18,20-21,23-24,26,28,30,32,34-56H2,1-3H3,(H,62,65)/b13-10+,19-16+,25-22+,29-27+,33-31+. The van der Waals surface area contributed by atoms with E-state index < -0.39 is 18.2 Å². The van der Waals surface area contributed by atoms with E-state index in [4.69, 9.17) is 4.74 Å². The van der Waals surface area contributed by atoms with Gasteiger partial charge in [-0.25, -0.2) is 0 Å². The van der Waals surface area contributed by atoms with E-state index in [1.807, 2.05) is 24.3 Å². The van der Waals surface area contributed by atoms with Gasteiger partial charge in [-0.05, 0) is 44.9 Å². The SMILES string of the molecule is CCC/C=C/C=C/C=C/C=C/C=C/CCCCCCCC(=O)OC(CCCCCCCCCCCCCCC)CC(=O)NC(CO)C(O)CCCCCCCCCCCCCCCCCCC. The number of rotatable bonds is 52. The average Bonchev–Trinajstić information content (AvgIpc) is 3.32. The molecule has 3 unspecified atom stereocenters. The van der Waals surface area contributed by atoms with Crippen LogP contribution >= 0.6 is 0 Å². The van der Waals surface area contributed by atoms with Crippen molar-refractivity contribution in [1.82, 2.24) is 5.32 Å². The summed E-state index contributed by atoms with van der Waals surface area (Å²) in [4.78, 5) is 26.3. The summed E-state index contributed by atoms with van der Waals surface area (Å²) >= 11 is 0. The van der Waals surface area contributed by atoms with Crippen molar-refractivity contribution in [1.29, 1.82) is 0 Å². The topological polar surface area (TPSA) is 95.9 Å². The average molecular weight is 939 g/mol. The minimum Gasteiger partial charge on any atom is -0.462 e. The molecule has 0 spiro atoms. The Kier molecular flexibility index (Phi) is 52.5. The highest BCUT2D eigenvalue weighted by Gasteiger charge is 2.24. The van der Waals surface area contributed by atoms with Gasteiger partial charge in [-0.15, -0.1) is 0 Å². The molecule has 0 aliphatic heterocycles. The lowest BCUT2D eigenvalue weighted by atomic mass is 10.0. The summed E-state index contributed by atoms with van der Waals surface area (Å²) in [5.74, 6) is -0.491. The van der Waals surface area contributed by atoms with Crippen LogP contribution in [0.1, 0.15) is 290 Å². The summed E-state index contributed by atoms with van der Waals surface area (Å²) in [6, 6.07) is -0.708. The van der Waals surface area contributed by atoms with Crippen LogP contribution in [0.15, 0.2) is 60.8 Å². The van der Waals surface area contributed by atoms with Gasteiger partial charge in [-0.3, -0.25) is 9.59 Å². The van der Waals surface area contributed by atoms with Crippen LogP contribution in [0.5, 0.6) is 0 Å². The molecule has 6 nitrogen and oxygen atoms in total. The van der Waals surface area contributed by atoms with Crippen molar-refractivity contribution >= 4 is 11.9 Å². The Bertz CT molecular complexity index is 1190. The second kappa shape index (κ2) is 54.5. The molecule has 0 aromatic carbocycles. The van der Waals surface area contributed by atoms with Crippen molar-refractivity contribution in [2.24, 2.45) is 0 Å². The fourth-order valence-electron chi connectivity index (χ4n) is 8.82. The molecule has 3 atom stereocenters. The number of allylic oxidation sites excluding steroid dienone is 10. The minimum absolute atomic E-state index is 0.0686. The predicted octanol–water partition coefficient (Wildman–Crippen LogP) is 18.0. The van der Waals surface area contributed by atoms with Crippen LogP contribution in [0, 0.1) is 0 Å². The number of nitrogens with one attached hydrogen (secondary N) is 1. The van der Waals surface area contributed by atoms with Gasteiger partial charge < -0.3 is 20.3 Å². The van der Waals surface area contributed by atoms with E-state index in [9.17, 15) is 19.8 Å². The van der Waals surface area contributed by atoms with Gasteiger partial charge in [0, 0.05) is 6.42 Å². The quantitative estimate of drug-likeness (QED) is 0.0321. The molecule has 0 bridgehead atoms. The maximum Gasteiger partial charge on any atom is 0.306 e. The second-order valence-electron chi connectivity index (χ2n) is 19.8. The number of unbranched alkanes of at least 4 members (excludes halogenated alkanes) is 34. The highest BCUT2D eigenvalue weighted by Crippen LogP contribution is 2.19. The first-order valence-corrected chi connectivity index (χ1v) is 29.1. The van der Waals surface area contributed by atoms with Crippen LogP contribution in [0.4, 0.5) is 0 Å². The van der Waals surface area contributed by atoms with Gasteiger partial charge in [-0.2, -0.15) is 0 Å². The first-order valence-electron chi connectivity index (χ1n) is 29.1. The first kappa shape index (κ1) is 64.6. The molecular formula is C61H111NO5. The van der Waals surface area contributed by atoms with Crippen LogP contribution in [0.3, 0.4) is 0 Å². The number of esters is 1. The molecule has 0 aromatic heterocycles. The van der Waals surface area contributed by atoms with Crippen molar-refractivity contribution in [2.45, 2.75) is 309 Å². The van der Waals surface area contributed by atoms with E-state index >= 15 is 0 Å². The van der Waals surface area contributed by atoms with Crippen molar-refractivity contribution in [3.63, 3.8) is 0 Å². The van der Waals surface area contributed by atoms with E-state index in [-0.39, 0.29) is 24.9 Å². The molecule has 3 N–H and O–H groups in total. The van der Waals surface area contributed by atoms with Crippen molar-refractivity contribution in [2.75, 3.05) is 6.61 Å². The molecule has 67 heavy (non-hydrogen) atoms. The van der Waals surface area contributed by atoms with Gasteiger partial charge in [0.2, 0.25) is 5.91 Å². The number of carbonyl (C=O) groups excluding carboxylic acids is 2. The van der Waals surface area contributed by atoms with Crippen LogP contribution in [-0.2, 0) is 14.3 Å². The summed E-state index contributed by atoms with van der Waals surface area (Å²) in [7, 11) is 0. The molecule has 1 amide bonds. The largest absolute Gasteiger partial charge is 0.462 e. The van der Waals surface area contributed by atoms with Gasteiger partial charge >= 0.3 is 5.97 Å². The summed E-state index contributed by atoms with van der Waals surface area (Å²) in [6.45, 7) is 6.42. The number of aliphatic hydroxyl groups excluding tert-OH is 2. The fraction of sp³-hybridized carbons (Fsp3) is 0.803. The van der Waals surface area contributed by atoms with Crippen molar-refractivity contribution in [3.05, 3.63) is 60.8 Å². The zero-order valence-corrected chi connectivity index (χ0v) is 44.5. The fourth-order valence-corrected chi connectivity index (χ4v) is 8.82. The molecule has 0 heterocycles. The summed E-state index contributed by atoms with van der Waals surface area (Å²) in [5.41, 5.74) is 0. The Morgan fingerprint density at radius 1 is 0.433 bits per heavy atom. The second-order valence-corrected chi connectivity index (χ2v) is 19.8. The van der Waals surface area contributed by atoms with Crippen LogP contribution in [0.2, 0.25) is 0 Å². The van der Waals surface area contributed by atoms with Crippen molar-refractivity contribution < 1.29 is 24.5 Å². The predicted molar refractivity (Wildman–Crippen MR) is 292 cm³/mol. The molecule has 390 valence electrons. The third-order valence-corrected chi connectivity index (χ3v) is 13.2. The molecular weight excluding hydrogens is 827 g/mol. The normalized spacial score (nSPS) is 13.6. The van der Waals surface area contributed by atoms with E-state index in [0.717, 1.165) is 77.0 Å². The van der Waals surface area contributed by atoms with Gasteiger partial charge in [-0.1, -0.05) is 293 Å². The smallest absolute Gasteiger partial charge is 0.306 e. The molecule has 0 aliphatic carbocycles. The summed E-state index contributed by atoms with van der Waals surface area (Å²) in [6.07, 6.45) is 68.5. The van der Waals surface area contributed by atoms with E-state index in [1.165, 1.54) is 167 Å². The van der Waals surface area contributed by atoms with Gasteiger partial charge in [0.25, 0.3) is 0 Å². The third-order valence-electron chi connectivity index (χ3n) is 13.2. The molecule has 0 rings (SSSR count). The molecule has 0 fully saturated rings. The van der Waals surface area contributed by atoms with E-state index in [0.29, 0.717) is 19.3 Å². The summed E-state index contributed by atoms with van der Waals surface area (Å²) < 4.78 is 5.95.